The van der Waals surface area contributed by atoms with Gasteiger partial charge >= 0.3 is 5.97 Å². The van der Waals surface area contributed by atoms with Crippen LogP contribution in [0.25, 0.3) is 0 Å². The number of carboxylic acid groups (broad SMARTS) is 1. The van der Waals surface area contributed by atoms with Crippen LogP contribution in [0.1, 0.15) is 21.6 Å². The summed E-state index contributed by atoms with van der Waals surface area (Å²) in [7, 11) is 0. The van der Waals surface area contributed by atoms with E-state index in [9.17, 15) is 4.79 Å². The molecule has 2 rings (SSSR count). The molecule has 0 aliphatic carbocycles. The first-order valence-corrected chi connectivity index (χ1v) is 5.71. The zero-order chi connectivity index (χ0) is 14.5. The summed E-state index contributed by atoms with van der Waals surface area (Å²) in [6.45, 7) is 0.103. The number of carbonyl (C=O) groups is 1. The molecule has 0 spiro atoms. The lowest BCUT2D eigenvalue weighted by Gasteiger charge is -2.11. The Morgan fingerprint density at radius 2 is 2.25 bits per heavy atom. The molecule has 6 nitrogen and oxygen atoms in total. The van der Waals surface area contributed by atoms with E-state index in [4.69, 9.17) is 20.8 Å². The van der Waals surface area contributed by atoms with Gasteiger partial charge in [-0.3, -0.25) is 0 Å². The van der Waals surface area contributed by atoms with Crippen molar-refractivity contribution in [3.8, 4) is 11.8 Å². The SMILES string of the molecule is N#Cc1cc(COc2c(N)cccc2C(=O)O)ccn1. The minimum atomic E-state index is -1.11. The fraction of sp³-hybridized carbons (Fsp3) is 0.0714. The van der Waals surface area contributed by atoms with Gasteiger partial charge in [0.05, 0.1) is 5.69 Å². The van der Waals surface area contributed by atoms with E-state index in [1.165, 1.54) is 12.3 Å². The number of nitrogens with two attached hydrogens (primary N) is 1. The Morgan fingerprint density at radius 3 is 2.95 bits per heavy atom. The molecule has 20 heavy (non-hydrogen) atoms. The Hall–Kier alpha value is -3.07. The first kappa shape index (κ1) is 13.4. The molecule has 0 bridgehead atoms. The topological polar surface area (TPSA) is 109 Å². The van der Waals surface area contributed by atoms with E-state index < -0.39 is 5.97 Å². The maximum Gasteiger partial charge on any atom is 0.339 e. The number of nitrogen functional groups attached to an aromatic ring is 1. The molecule has 1 aromatic heterocycles. The molecular formula is C14H11N3O3. The summed E-state index contributed by atoms with van der Waals surface area (Å²) in [4.78, 5) is 14.9. The first-order chi connectivity index (χ1) is 9.61. The number of pyridine rings is 1. The summed E-state index contributed by atoms with van der Waals surface area (Å²) in [6.07, 6.45) is 1.49. The van der Waals surface area contributed by atoms with Crippen LogP contribution in [0.3, 0.4) is 0 Å². The van der Waals surface area contributed by atoms with Crippen molar-refractivity contribution in [1.82, 2.24) is 4.98 Å². The highest BCUT2D eigenvalue weighted by molar-refractivity contribution is 5.93. The fourth-order valence-corrected chi connectivity index (χ4v) is 1.67. The van der Waals surface area contributed by atoms with Crippen molar-refractivity contribution in [3.05, 3.63) is 53.3 Å². The van der Waals surface area contributed by atoms with Gasteiger partial charge < -0.3 is 15.6 Å². The van der Waals surface area contributed by atoms with Crippen molar-refractivity contribution in [1.29, 1.82) is 5.26 Å². The van der Waals surface area contributed by atoms with E-state index in [1.54, 1.807) is 24.3 Å². The van der Waals surface area contributed by atoms with Crippen molar-refractivity contribution in [2.24, 2.45) is 0 Å². The number of nitrogens with zero attached hydrogens (tertiary/aromatic N) is 2. The summed E-state index contributed by atoms with van der Waals surface area (Å²) in [5.74, 6) is -0.991. The molecule has 1 heterocycles. The predicted octanol–water partition coefficient (Wildman–Crippen LogP) is 1.81. The van der Waals surface area contributed by atoms with Gasteiger partial charge in [0.25, 0.3) is 0 Å². The van der Waals surface area contributed by atoms with E-state index in [-0.39, 0.29) is 29.3 Å². The van der Waals surface area contributed by atoms with Crippen LogP contribution in [0.4, 0.5) is 5.69 Å². The molecule has 0 atom stereocenters. The van der Waals surface area contributed by atoms with Crippen molar-refractivity contribution in [2.45, 2.75) is 6.61 Å². The second-order valence-corrected chi connectivity index (χ2v) is 3.98. The number of anilines is 1. The van der Waals surface area contributed by atoms with E-state index in [1.807, 2.05) is 6.07 Å². The zero-order valence-corrected chi connectivity index (χ0v) is 10.4. The maximum absolute atomic E-state index is 11.1. The van der Waals surface area contributed by atoms with E-state index in [0.29, 0.717) is 5.56 Å². The van der Waals surface area contributed by atoms with Crippen LogP contribution in [0.5, 0.6) is 5.75 Å². The Balaban J connectivity index is 2.23. The lowest BCUT2D eigenvalue weighted by atomic mass is 10.1. The van der Waals surface area contributed by atoms with Crippen LogP contribution in [0.15, 0.2) is 36.5 Å². The Labute approximate surface area is 115 Å². The predicted molar refractivity (Wildman–Crippen MR) is 71.1 cm³/mol. The molecule has 0 amide bonds. The number of hydrogen-bond acceptors (Lipinski definition) is 5. The maximum atomic E-state index is 11.1. The monoisotopic (exact) mass is 269 g/mol. The number of carboxylic acids is 1. The van der Waals surface area contributed by atoms with Crippen LogP contribution in [0, 0.1) is 11.3 Å². The summed E-state index contributed by atoms with van der Waals surface area (Å²) in [5.41, 5.74) is 6.95. The number of benzene rings is 1. The van der Waals surface area contributed by atoms with Gasteiger partial charge in [0.15, 0.2) is 5.75 Å². The minimum absolute atomic E-state index is 0.000405. The normalized spacial score (nSPS) is 9.75. The summed E-state index contributed by atoms with van der Waals surface area (Å²) >= 11 is 0. The number of hydrogen-bond donors (Lipinski definition) is 2. The third-order valence-electron chi connectivity index (χ3n) is 2.60. The molecule has 0 saturated carbocycles. The molecule has 1 aromatic carbocycles. The summed E-state index contributed by atoms with van der Waals surface area (Å²) in [6, 6.07) is 9.70. The molecule has 0 fully saturated rings. The largest absolute Gasteiger partial charge is 0.486 e. The number of para-hydroxylation sites is 1. The molecule has 0 aliphatic heterocycles. The summed E-state index contributed by atoms with van der Waals surface area (Å²) in [5, 5.41) is 17.8. The van der Waals surface area contributed by atoms with E-state index in [2.05, 4.69) is 4.98 Å². The second kappa shape index (κ2) is 5.71. The molecule has 6 heteroatoms. The molecule has 0 aliphatic rings. The van der Waals surface area contributed by atoms with E-state index >= 15 is 0 Å². The molecule has 0 radical (unpaired) electrons. The fourth-order valence-electron chi connectivity index (χ4n) is 1.67. The Bertz CT molecular complexity index is 692. The van der Waals surface area contributed by atoms with Crippen molar-refractivity contribution >= 4 is 11.7 Å². The smallest absolute Gasteiger partial charge is 0.339 e. The highest BCUT2D eigenvalue weighted by atomic mass is 16.5. The molecular weight excluding hydrogens is 258 g/mol. The number of aromatic nitrogens is 1. The number of ether oxygens (including phenoxy) is 1. The third-order valence-corrected chi connectivity index (χ3v) is 2.60. The summed E-state index contributed by atoms with van der Waals surface area (Å²) < 4.78 is 5.47. The van der Waals surface area contributed by atoms with Gasteiger partial charge in [0.2, 0.25) is 0 Å². The highest BCUT2D eigenvalue weighted by Gasteiger charge is 2.14. The standard InChI is InChI=1S/C14H11N3O3/c15-7-10-6-9(4-5-17-10)8-20-13-11(14(18)19)2-1-3-12(13)16/h1-6H,8,16H2,(H,18,19). The first-order valence-electron chi connectivity index (χ1n) is 5.71. The molecule has 0 saturated heterocycles. The van der Waals surface area contributed by atoms with Gasteiger partial charge in [-0.15, -0.1) is 0 Å². The zero-order valence-electron chi connectivity index (χ0n) is 10.4. The van der Waals surface area contributed by atoms with Gasteiger partial charge in [0, 0.05) is 6.20 Å². The van der Waals surface area contributed by atoms with Crippen LogP contribution in [-0.2, 0) is 6.61 Å². The minimum Gasteiger partial charge on any atom is -0.486 e. The number of rotatable bonds is 4. The number of aromatic carboxylic acids is 1. The molecule has 3 N–H and O–H groups in total. The lowest BCUT2D eigenvalue weighted by Crippen LogP contribution is -2.06. The highest BCUT2D eigenvalue weighted by Crippen LogP contribution is 2.27. The molecule has 2 aromatic rings. The van der Waals surface area contributed by atoms with Crippen molar-refractivity contribution in [2.75, 3.05) is 5.73 Å². The van der Waals surface area contributed by atoms with Gasteiger partial charge in [-0.2, -0.15) is 5.26 Å². The molecule has 0 unspecified atom stereocenters. The van der Waals surface area contributed by atoms with Crippen molar-refractivity contribution in [3.63, 3.8) is 0 Å². The average molecular weight is 269 g/mol. The van der Waals surface area contributed by atoms with E-state index in [0.717, 1.165) is 0 Å². The van der Waals surface area contributed by atoms with Crippen LogP contribution in [-0.4, -0.2) is 16.1 Å². The average Bonchev–Trinajstić information content (AvgIpc) is 2.45. The van der Waals surface area contributed by atoms with Gasteiger partial charge in [-0.25, -0.2) is 9.78 Å². The Kier molecular flexibility index (Phi) is 3.82. The Morgan fingerprint density at radius 1 is 1.45 bits per heavy atom. The third kappa shape index (κ3) is 2.84. The number of nitriles is 1. The van der Waals surface area contributed by atoms with Gasteiger partial charge in [-0.05, 0) is 29.8 Å². The lowest BCUT2D eigenvalue weighted by molar-refractivity contribution is 0.0692. The van der Waals surface area contributed by atoms with Crippen molar-refractivity contribution < 1.29 is 14.6 Å². The van der Waals surface area contributed by atoms with Crippen LogP contribution < -0.4 is 10.5 Å². The molecule has 100 valence electrons. The quantitative estimate of drug-likeness (QED) is 0.819. The van der Waals surface area contributed by atoms with Gasteiger partial charge in [0.1, 0.15) is 23.9 Å². The van der Waals surface area contributed by atoms with Gasteiger partial charge in [-0.1, -0.05) is 6.07 Å². The van der Waals surface area contributed by atoms with Crippen LogP contribution >= 0.6 is 0 Å². The second-order valence-electron chi connectivity index (χ2n) is 3.98. The van der Waals surface area contributed by atoms with Crippen LogP contribution in [0.2, 0.25) is 0 Å².